The minimum atomic E-state index is -1.09. The molecule has 1 atom stereocenters. The van der Waals surface area contributed by atoms with Gasteiger partial charge in [0.2, 0.25) is 0 Å². The average molecular weight is 560 g/mol. The molecule has 0 radical (unpaired) electrons. The van der Waals surface area contributed by atoms with E-state index in [4.69, 9.17) is 27.9 Å². The molecular weight excluding hydrogens is 519 g/mol. The van der Waals surface area contributed by atoms with Gasteiger partial charge >= 0.3 is 0 Å². The van der Waals surface area contributed by atoms with Crippen LogP contribution in [-0.4, -0.2) is 58.9 Å². The summed E-state index contributed by atoms with van der Waals surface area (Å²) in [5, 5.41) is 12.7. The van der Waals surface area contributed by atoms with Crippen LogP contribution in [0.1, 0.15) is 51.0 Å². The molecule has 4 rings (SSSR count). The van der Waals surface area contributed by atoms with Crippen LogP contribution in [0, 0.1) is 0 Å². The number of unbranched alkanes of at least 4 members (excludes halogenated alkanes) is 3. The highest BCUT2D eigenvalue weighted by Crippen LogP contribution is 2.36. The lowest BCUT2D eigenvalue weighted by molar-refractivity contribution is 0.00712. The van der Waals surface area contributed by atoms with Crippen LogP contribution in [0.25, 0.3) is 0 Å². The highest BCUT2D eigenvalue weighted by molar-refractivity contribution is 6.35. The van der Waals surface area contributed by atoms with Crippen LogP contribution in [0.5, 0.6) is 5.75 Å². The molecule has 1 aliphatic rings. The molecule has 0 aliphatic carbocycles. The van der Waals surface area contributed by atoms with Crippen molar-refractivity contribution in [3.05, 3.63) is 76.8 Å². The van der Waals surface area contributed by atoms with Crippen molar-refractivity contribution < 1.29 is 9.84 Å². The van der Waals surface area contributed by atoms with Gasteiger partial charge in [0.15, 0.2) is 0 Å². The van der Waals surface area contributed by atoms with Gasteiger partial charge < -0.3 is 19.3 Å². The van der Waals surface area contributed by atoms with Crippen LogP contribution in [0.4, 0.5) is 5.69 Å². The molecule has 1 N–H and O–H groups in total. The first-order valence-electron chi connectivity index (χ1n) is 13.8. The number of imidazole rings is 1. The Kier molecular flexibility index (Phi) is 10.8. The zero-order valence-corrected chi connectivity index (χ0v) is 23.9. The minimum absolute atomic E-state index is 0.391. The molecule has 0 spiro atoms. The summed E-state index contributed by atoms with van der Waals surface area (Å²) in [4.78, 5) is 9.11. The summed E-state index contributed by atoms with van der Waals surface area (Å²) < 4.78 is 7.88. The molecule has 2 aromatic carbocycles. The quantitative estimate of drug-likeness (QED) is 0.225. The Morgan fingerprint density at radius 3 is 2.42 bits per heavy atom. The molecule has 38 heavy (non-hydrogen) atoms. The normalized spacial score (nSPS) is 15.9. The van der Waals surface area contributed by atoms with E-state index in [1.807, 2.05) is 16.8 Å². The molecule has 0 saturated carbocycles. The summed E-state index contributed by atoms with van der Waals surface area (Å²) in [6.45, 7) is 8.97. The monoisotopic (exact) mass is 558 g/mol. The Morgan fingerprint density at radius 2 is 1.74 bits per heavy atom. The van der Waals surface area contributed by atoms with Crippen molar-refractivity contribution >= 4 is 28.9 Å². The van der Waals surface area contributed by atoms with E-state index in [1.54, 1.807) is 24.7 Å². The largest absolute Gasteiger partial charge is 0.494 e. The van der Waals surface area contributed by atoms with Gasteiger partial charge in [-0.1, -0.05) is 55.5 Å². The lowest BCUT2D eigenvalue weighted by atomic mass is 9.87. The Hall–Kier alpha value is -2.25. The maximum Gasteiger partial charge on any atom is 0.119 e. The zero-order chi connectivity index (χ0) is 26.8. The van der Waals surface area contributed by atoms with Crippen molar-refractivity contribution in [2.45, 2.75) is 57.6 Å². The average Bonchev–Trinajstić information content (AvgIpc) is 3.42. The zero-order valence-electron chi connectivity index (χ0n) is 22.4. The van der Waals surface area contributed by atoms with Gasteiger partial charge in [0.05, 0.1) is 19.5 Å². The summed E-state index contributed by atoms with van der Waals surface area (Å²) in [6, 6.07) is 13.8. The van der Waals surface area contributed by atoms with Gasteiger partial charge in [0.25, 0.3) is 0 Å². The van der Waals surface area contributed by atoms with Crippen molar-refractivity contribution in [1.82, 2.24) is 14.5 Å². The van der Waals surface area contributed by atoms with E-state index in [0.717, 1.165) is 57.6 Å². The number of piperazine rings is 1. The number of hydrogen-bond acceptors (Lipinski definition) is 5. The highest BCUT2D eigenvalue weighted by Gasteiger charge is 2.31. The van der Waals surface area contributed by atoms with Crippen LogP contribution in [0.15, 0.2) is 61.2 Å². The van der Waals surface area contributed by atoms with Gasteiger partial charge in [-0.15, -0.1) is 0 Å². The summed E-state index contributed by atoms with van der Waals surface area (Å²) in [5.74, 6) is 0.922. The van der Waals surface area contributed by atoms with Crippen molar-refractivity contribution in [2.24, 2.45) is 0 Å². The third kappa shape index (κ3) is 8.12. The van der Waals surface area contributed by atoms with E-state index in [0.29, 0.717) is 35.2 Å². The molecule has 1 aliphatic heterocycles. The van der Waals surface area contributed by atoms with Crippen molar-refractivity contribution in [2.75, 3.05) is 44.2 Å². The molecule has 1 unspecified atom stereocenters. The molecule has 1 aromatic heterocycles. The van der Waals surface area contributed by atoms with Crippen LogP contribution in [-0.2, 0) is 12.1 Å². The minimum Gasteiger partial charge on any atom is -0.494 e. The molecule has 1 saturated heterocycles. The van der Waals surface area contributed by atoms with Gasteiger partial charge in [-0.25, -0.2) is 4.98 Å². The number of aromatic nitrogens is 2. The fourth-order valence-electron chi connectivity index (χ4n) is 5.21. The Labute approximate surface area is 237 Å². The maximum absolute atomic E-state index is 11.6. The molecule has 0 bridgehead atoms. The van der Waals surface area contributed by atoms with E-state index < -0.39 is 5.60 Å². The first-order chi connectivity index (χ1) is 18.5. The summed E-state index contributed by atoms with van der Waals surface area (Å²) in [5.41, 5.74) is 0.882. The fourth-order valence-corrected chi connectivity index (χ4v) is 5.79. The number of ether oxygens (including phenoxy) is 1. The number of hydrogen-bond donors (Lipinski definition) is 1. The summed E-state index contributed by atoms with van der Waals surface area (Å²) in [6.07, 6.45) is 11.0. The van der Waals surface area contributed by atoms with E-state index in [-0.39, 0.29) is 0 Å². The van der Waals surface area contributed by atoms with Crippen LogP contribution in [0.2, 0.25) is 10.0 Å². The third-order valence-electron chi connectivity index (χ3n) is 7.30. The van der Waals surface area contributed by atoms with E-state index in [9.17, 15) is 5.11 Å². The van der Waals surface area contributed by atoms with E-state index in [2.05, 4.69) is 46.0 Å². The van der Waals surface area contributed by atoms with Crippen LogP contribution in [0.3, 0.4) is 0 Å². The predicted molar refractivity (Wildman–Crippen MR) is 157 cm³/mol. The lowest BCUT2D eigenvalue weighted by Crippen LogP contribution is -2.46. The number of halogens is 2. The Morgan fingerprint density at radius 1 is 0.974 bits per heavy atom. The molecule has 1 fully saturated rings. The van der Waals surface area contributed by atoms with Crippen molar-refractivity contribution in [3.8, 4) is 5.75 Å². The third-order valence-corrected chi connectivity index (χ3v) is 7.85. The SMILES string of the molecule is CCCN1CCN(c2ccc(OCCCCCCC(O)(Cn3ccnc3)c3ccc(Cl)cc3Cl)cc2)CC1. The molecule has 8 heteroatoms. The van der Waals surface area contributed by atoms with Gasteiger partial charge in [-0.2, -0.15) is 0 Å². The van der Waals surface area contributed by atoms with Gasteiger partial charge in [-0.05, 0) is 62.2 Å². The lowest BCUT2D eigenvalue weighted by Gasteiger charge is -2.36. The second-order valence-electron chi connectivity index (χ2n) is 10.2. The number of anilines is 1. The maximum atomic E-state index is 11.6. The highest BCUT2D eigenvalue weighted by atomic mass is 35.5. The molecule has 6 nitrogen and oxygen atoms in total. The Balaban J connectivity index is 1.18. The summed E-state index contributed by atoms with van der Waals surface area (Å²) >= 11 is 12.6. The Bertz CT molecular complexity index is 1100. The number of nitrogens with zero attached hydrogens (tertiary/aromatic N) is 4. The molecule has 0 amide bonds. The fraction of sp³-hybridized carbons (Fsp3) is 0.500. The second-order valence-corrected chi connectivity index (χ2v) is 11.1. The number of benzene rings is 2. The predicted octanol–water partition coefficient (Wildman–Crippen LogP) is 6.64. The van der Waals surface area contributed by atoms with E-state index in [1.165, 1.54) is 18.7 Å². The van der Waals surface area contributed by atoms with Crippen molar-refractivity contribution in [3.63, 3.8) is 0 Å². The second kappa shape index (κ2) is 14.2. The van der Waals surface area contributed by atoms with E-state index >= 15 is 0 Å². The summed E-state index contributed by atoms with van der Waals surface area (Å²) in [7, 11) is 0. The van der Waals surface area contributed by atoms with Gasteiger partial charge in [0, 0.05) is 59.9 Å². The molecular formula is C30H40Cl2N4O2. The van der Waals surface area contributed by atoms with Crippen LogP contribution >= 0.6 is 23.2 Å². The topological polar surface area (TPSA) is 53.8 Å². The standard InChI is InChI=1S/C30H40Cl2N4O2/c1-2-15-34-17-19-36(20-18-34)26-8-10-27(11-9-26)38-21-6-4-3-5-13-30(37,23-35-16-14-33-24-35)28-12-7-25(31)22-29(28)32/h7-12,14,16,22,24,37H,2-6,13,15,17-21,23H2,1H3. The van der Waals surface area contributed by atoms with Crippen molar-refractivity contribution in [1.29, 1.82) is 0 Å². The first-order valence-corrected chi connectivity index (χ1v) is 14.6. The molecule has 2 heterocycles. The first kappa shape index (κ1) is 28.8. The van der Waals surface area contributed by atoms with Gasteiger partial charge in [-0.3, -0.25) is 4.90 Å². The number of rotatable bonds is 14. The molecule has 206 valence electrons. The van der Waals surface area contributed by atoms with Crippen LogP contribution < -0.4 is 9.64 Å². The molecule has 3 aromatic rings. The smallest absolute Gasteiger partial charge is 0.119 e. The number of aliphatic hydroxyl groups is 1. The van der Waals surface area contributed by atoms with Gasteiger partial charge in [0.1, 0.15) is 11.4 Å².